The Labute approximate surface area is 686 Å². The quantitative estimate of drug-likeness (QED) is 0.0564. The molecule has 36 nitrogen and oxygen atoms in total. The molecule has 119 heavy (non-hydrogen) atoms. The Hall–Kier alpha value is -12.0. The highest BCUT2D eigenvalue weighted by Gasteiger charge is 2.53. The molecule has 2 aromatic carbocycles. The van der Waals surface area contributed by atoms with Gasteiger partial charge in [-0.25, -0.2) is 19.9 Å². The fourth-order valence-electron chi connectivity index (χ4n) is 19.6. The number of hydrogen-bond acceptors (Lipinski definition) is 26. The highest BCUT2D eigenvalue weighted by atomic mass is 16.2. The zero-order chi connectivity index (χ0) is 83.1. The Morgan fingerprint density at radius 2 is 1.02 bits per heavy atom. The molecule has 0 saturated carbocycles. The molecule has 12 amide bonds. The van der Waals surface area contributed by atoms with Gasteiger partial charge < -0.3 is 61.2 Å². The third kappa shape index (κ3) is 16.5. The number of imide groups is 4. The largest absolute Gasteiger partial charge is 0.371 e. The van der Waals surface area contributed by atoms with E-state index in [4.69, 9.17) is 16.5 Å². The number of nitrogens with two attached hydrogens (primary N) is 2. The van der Waals surface area contributed by atoms with Gasteiger partial charge in [0, 0.05) is 147 Å². The molecule has 626 valence electrons. The molecule has 18 rings (SSSR count). The van der Waals surface area contributed by atoms with Gasteiger partial charge in [0.1, 0.15) is 35.7 Å². The minimum atomic E-state index is -0.979. The lowest BCUT2D eigenvalue weighted by Crippen LogP contribution is -2.54. The molecule has 12 aliphatic rings. The number of nitrogens with zero attached hydrogens (tertiary/aromatic N) is 17. The number of hydrogen-bond donors (Lipinski definition) is 6. The highest BCUT2D eigenvalue weighted by Crippen LogP contribution is 2.46. The number of piperidine rings is 8. The van der Waals surface area contributed by atoms with Gasteiger partial charge in [-0.05, 0) is 177 Å². The predicted octanol–water partition coefficient (Wildman–Crippen LogP) is 2.63. The summed E-state index contributed by atoms with van der Waals surface area (Å²) in [5.74, 6) is -2.39. The monoisotopic (exact) mass is 1630 g/mol. The average molecular weight is 1630 g/mol. The molecule has 2 spiro atoms. The van der Waals surface area contributed by atoms with Crippen LogP contribution in [0.3, 0.4) is 0 Å². The van der Waals surface area contributed by atoms with E-state index in [1.54, 1.807) is 70.7 Å². The van der Waals surface area contributed by atoms with Crippen molar-refractivity contribution in [3.8, 4) is 0 Å². The molecular formula is C83H101N23O13. The predicted molar refractivity (Wildman–Crippen MR) is 432 cm³/mol. The maximum Gasteiger partial charge on any atom is 0.271 e. The highest BCUT2D eigenvalue weighted by molar-refractivity contribution is 6.25. The summed E-state index contributed by atoms with van der Waals surface area (Å²) in [7, 11) is 3.65. The number of rotatable bonds is 17. The second-order valence-corrected chi connectivity index (χ2v) is 33.7. The van der Waals surface area contributed by atoms with Gasteiger partial charge in [-0.2, -0.15) is 10.2 Å². The van der Waals surface area contributed by atoms with Crippen LogP contribution < -0.4 is 52.3 Å². The van der Waals surface area contributed by atoms with Crippen LogP contribution in [0.4, 0.5) is 34.5 Å². The Balaban J connectivity index is 0.000000148. The van der Waals surface area contributed by atoms with Gasteiger partial charge in [0.2, 0.25) is 35.4 Å². The van der Waals surface area contributed by atoms with Crippen LogP contribution in [0, 0.1) is 22.7 Å². The zero-order valence-electron chi connectivity index (χ0n) is 67.1. The summed E-state index contributed by atoms with van der Waals surface area (Å²) >= 11 is 0. The van der Waals surface area contributed by atoms with Crippen molar-refractivity contribution >= 4 is 112 Å². The lowest BCUT2D eigenvalue weighted by atomic mass is 9.76. The number of likely N-dealkylation sites (tertiary alicyclic amines) is 3. The van der Waals surface area contributed by atoms with E-state index in [0.29, 0.717) is 90.3 Å². The first-order valence-electron chi connectivity index (χ1n) is 41.7. The summed E-state index contributed by atoms with van der Waals surface area (Å²) < 4.78 is 3.36. The van der Waals surface area contributed by atoms with E-state index < -0.39 is 71.2 Å². The van der Waals surface area contributed by atoms with E-state index in [1.165, 1.54) is 0 Å². The van der Waals surface area contributed by atoms with Crippen molar-refractivity contribution in [1.29, 1.82) is 0 Å². The first kappa shape index (κ1) is 80.8. The summed E-state index contributed by atoms with van der Waals surface area (Å²) in [6.07, 6.45) is 24.9. The number of aryl methyl sites for hydroxylation is 2. The molecule has 10 fully saturated rings. The maximum absolute atomic E-state index is 14.2. The van der Waals surface area contributed by atoms with Gasteiger partial charge in [-0.3, -0.25) is 87.3 Å². The Morgan fingerprint density at radius 3 is 1.51 bits per heavy atom. The molecule has 16 heterocycles. The van der Waals surface area contributed by atoms with Gasteiger partial charge in [-0.1, -0.05) is 0 Å². The number of primary amides is 2. The third-order valence-electron chi connectivity index (χ3n) is 26.4. The van der Waals surface area contributed by atoms with Crippen LogP contribution in [0.15, 0.2) is 73.6 Å². The number of nitrogens with one attached hydrogen (secondary N) is 4. The van der Waals surface area contributed by atoms with Crippen LogP contribution in [-0.2, 0) is 54.1 Å². The molecule has 6 aromatic rings. The van der Waals surface area contributed by atoms with Crippen molar-refractivity contribution in [2.45, 2.75) is 146 Å². The van der Waals surface area contributed by atoms with Crippen molar-refractivity contribution in [3.63, 3.8) is 0 Å². The number of benzene rings is 2. The van der Waals surface area contributed by atoms with Crippen molar-refractivity contribution in [2.24, 2.45) is 48.2 Å². The van der Waals surface area contributed by atoms with Crippen molar-refractivity contribution in [3.05, 3.63) is 118 Å². The van der Waals surface area contributed by atoms with E-state index in [2.05, 4.69) is 80.7 Å². The molecule has 0 radical (unpaired) electrons. The molecule has 4 atom stereocenters. The Morgan fingerprint density at radius 1 is 0.529 bits per heavy atom. The normalized spacial score (nSPS) is 23.5. The number of carbonyl (C=O) groups excluding carboxylic acids is 13. The Bertz CT molecular complexity index is 5030. The summed E-state index contributed by atoms with van der Waals surface area (Å²) in [6.45, 7) is 12.3. The lowest BCUT2D eigenvalue weighted by molar-refractivity contribution is -0.141. The summed E-state index contributed by atoms with van der Waals surface area (Å²) in [5.41, 5.74) is 15.9. The minimum absolute atomic E-state index is 0.0712. The topological polar surface area (TPSA) is 438 Å². The summed E-state index contributed by atoms with van der Waals surface area (Å²) in [6, 6.07) is 8.74. The average Bonchev–Trinajstić information content (AvgIpc) is 1.61. The van der Waals surface area contributed by atoms with Gasteiger partial charge >= 0.3 is 0 Å². The zero-order valence-corrected chi connectivity index (χ0v) is 67.1. The van der Waals surface area contributed by atoms with Crippen LogP contribution >= 0.6 is 0 Å². The van der Waals surface area contributed by atoms with E-state index in [9.17, 15) is 62.3 Å². The molecule has 2 unspecified atom stereocenters. The van der Waals surface area contributed by atoms with E-state index >= 15 is 0 Å². The molecular weight excluding hydrogens is 1530 g/mol. The van der Waals surface area contributed by atoms with E-state index in [-0.39, 0.29) is 77.0 Å². The maximum atomic E-state index is 14.2. The van der Waals surface area contributed by atoms with Gasteiger partial charge in [0.15, 0.2) is 11.5 Å². The fraction of sp³-hybridized carbons (Fsp3) is 0.530. The minimum Gasteiger partial charge on any atom is -0.371 e. The molecule has 10 saturated heterocycles. The Kier molecular flexibility index (Phi) is 23.0. The fourth-order valence-corrected chi connectivity index (χ4v) is 19.6. The molecule has 8 N–H and O–H groups in total. The van der Waals surface area contributed by atoms with Crippen molar-refractivity contribution < 1.29 is 62.3 Å². The van der Waals surface area contributed by atoms with Crippen molar-refractivity contribution in [1.82, 2.24) is 79.9 Å². The van der Waals surface area contributed by atoms with Gasteiger partial charge in [-0.15, -0.1) is 0 Å². The van der Waals surface area contributed by atoms with E-state index in [1.807, 2.05) is 26.4 Å². The lowest BCUT2D eigenvalue weighted by Gasteiger charge is -2.42. The molecule has 4 aromatic heterocycles. The van der Waals surface area contributed by atoms with Crippen LogP contribution in [0.2, 0.25) is 0 Å². The van der Waals surface area contributed by atoms with Crippen LogP contribution in [-0.4, -0.2) is 264 Å². The molecule has 36 heteroatoms. The molecule has 0 aliphatic carbocycles. The number of aldehydes is 1. The van der Waals surface area contributed by atoms with Crippen LogP contribution in [0.1, 0.15) is 189 Å². The molecule has 12 aliphatic heterocycles. The number of amides is 12. The van der Waals surface area contributed by atoms with E-state index in [0.717, 1.165) is 195 Å². The second kappa shape index (κ2) is 33.8. The van der Waals surface area contributed by atoms with Crippen molar-refractivity contribution in [2.75, 3.05) is 123 Å². The third-order valence-corrected chi connectivity index (χ3v) is 26.4. The standard InChI is InChI=1S/C42H51N11O6.C22H31N9O2.C19H19N3O5/c1-48-23-27(21-45-48)19-32-36(37(43)55)44-22-34(46-32)51-13-2-3-29(25-51)52-18-12-42(41(52)59)10-16-49(17-11-42)24-26-8-14-50(15-9-26)28-4-5-30-31(20-28)40(58)53(39(30)57)33-6-7-35(54)47-38(33)56;1-29-13-15(11-26-29)27-20-18(19(23)32)25-12-17(28-20)30-9-2-3-16(14-30)31-10-6-22(21(31)33)4-7-24-8-5-22;23-10-11-5-7-21(8-6-11)12-1-2-13-14(9-12)19(27)22(18(13)26)15-3-4-16(24)20-17(15)25/h4-5,20-23,26,29,33H,2-3,6-19,24-25H2,1H3,(H2,43,55)(H,47,54,56);11-13,16,24H,2-10,14H2,1H3,(H2,23,32)(H,27,28);1-2,9-11,15H,3-8H2,(H,20,24,25)/t29-,33?;16-;/m11./s1. The van der Waals surface area contributed by atoms with Gasteiger partial charge in [0.05, 0.1) is 69.3 Å². The summed E-state index contributed by atoms with van der Waals surface area (Å²) in [5, 5.41) is 19.3. The smallest absolute Gasteiger partial charge is 0.271 e. The first-order chi connectivity index (χ1) is 57.4. The van der Waals surface area contributed by atoms with Crippen LogP contribution in [0.5, 0.6) is 0 Å². The number of aromatic nitrogens is 8. The second-order valence-electron chi connectivity index (χ2n) is 33.7. The SMILES string of the molecule is Cn1cc(Cc2nc(N3CCC[C@@H](N4CCC5(CCN(CC6CCN(c7ccc8c(c7)C(=O)N(C7CCC(=O)NC7=O)C8=O)CC6)CC5)C4=O)C3)cnc2C(N)=O)cn1.Cn1cc(Nc2nc(N3CCC[C@@H](N4CCC5(CCNCC5)C4=O)C3)cnc2C(N)=O)cn1.O=CC1CCN(c2ccc3c(c2)C(=O)N(C2CCC(=O)NC2=O)C3=O)CC1. The number of fused-ring (bicyclic) bond motifs is 2. The van der Waals surface area contributed by atoms with Gasteiger partial charge in [0.25, 0.3) is 35.4 Å². The van der Waals surface area contributed by atoms with Crippen LogP contribution in [0.25, 0.3) is 0 Å². The first-order valence-corrected chi connectivity index (χ1v) is 41.7. The number of carbonyl (C=O) groups is 13. The number of anilines is 6. The summed E-state index contributed by atoms with van der Waals surface area (Å²) in [4.78, 5) is 198. The molecule has 0 bridgehead atoms.